The number of hydrogen-bond donors (Lipinski definition) is 1. The number of rotatable bonds is 9. The average Bonchev–Trinajstić information content (AvgIpc) is 3.38. The van der Waals surface area contributed by atoms with Crippen LogP contribution < -0.4 is 10.6 Å². The molecule has 6 aromatic rings. The molecule has 6 aromatic carbocycles. The summed E-state index contributed by atoms with van der Waals surface area (Å²) in [6.07, 6.45) is 10.8. The molecule has 0 fully saturated rings. The van der Waals surface area contributed by atoms with E-state index >= 15 is 0 Å². The molecule has 0 heterocycles. The lowest BCUT2D eigenvalue weighted by molar-refractivity contribution is 0.639. The number of nitrogens with two attached hydrogens (primary N) is 1. The fourth-order valence-electron chi connectivity index (χ4n) is 7.62. The van der Waals surface area contributed by atoms with Crippen LogP contribution in [-0.4, -0.2) is 0 Å². The summed E-state index contributed by atoms with van der Waals surface area (Å²) in [6.45, 7) is 13.2. The molecule has 0 aliphatic heterocycles. The molecule has 262 valence electrons. The van der Waals surface area contributed by atoms with Crippen molar-refractivity contribution < 1.29 is 0 Å². The van der Waals surface area contributed by atoms with Crippen LogP contribution >= 0.6 is 0 Å². The molecule has 0 radical (unpaired) electrons. The lowest BCUT2D eigenvalue weighted by atomic mass is 9.82. The van der Waals surface area contributed by atoms with E-state index in [1.54, 1.807) is 0 Å². The number of nitrogen functional groups attached to an aromatic ring is 1. The largest absolute Gasteiger partial charge is 0.398 e. The highest BCUT2D eigenvalue weighted by molar-refractivity contribution is 5.89. The SMILES string of the molecule is C/C=C\C1=C(C)C(C)(C)c2cc(N(c3ccc(C(/C=C\C)=C/C)cc3)c3ccc(-c4ccc(-c5cccc(-c6ccccc6N)c5)cc4)cc3)ccc21. The molecule has 0 spiro atoms. The van der Waals surface area contributed by atoms with E-state index in [1.165, 1.54) is 55.7 Å². The van der Waals surface area contributed by atoms with Gasteiger partial charge in [0.25, 0.3) is 0 Å². The smallest absolute Gasteiger partial charge is 0.0465 e. The number of anilines is 4. The number of allylic oxidation sites excluding steroid dienone is 8. The summed E-state index contributed by atoms with van der Waals surface area (Å²) < 4.78 is 0. The van der Waals surface area contributed by atoms with Crippen molar-refractivity contribution in [2.45, 2.75) is 47.0 Å². The van der Waals surface area contributed by atoms with Gasteiger partial charge >= 0.3 is 0 Å². The standard InChI is InChI=1S/C51H48N2/c1-7-13-36(9-3)37-23-27-43(28-24-37)53(45-31-32-48-46(14-8-2)35(4)51(5,6)49(48)34-45)44-29-25-39(26-30-44)38-19-21-40(22-20-38)41-15-12-16-42(33-41)47-17-10-11-18-50(47)52/h7-34H,52H2,1-6H3/b13-7-,14-8-,36-9+. The molecule has 0 bridgehead atoms. The van der Waals surface area contributed by atoms with E-state index in [0.717, 1.165) is 33.9 Å². The van der Waals surface area contributed by atoms with E-state index in [9.17, 15) is 0 Å². The molecule has 0 amide bonds. The summed E-state index contributed by atoms with van der Waals surface area (Å²) in [5.74, 6) is 0. The molecule has 2 nitrogen and oxygen atoms in total. The second-order valence-electron chi connectivity index (χ2n) is 14.3. The molecule has 0 aromatic heterocycles. The minimum atomic E-state index is -0.0603. The van der Waals surface area contributed by atoms with Gasteiger partial charge in [0.15, 0.2) is 0 Å². The summed E-state index contributed by atoms with van der Waals surface area (Å²) in [5, 5.41) is 0. The van der Waals surface area contributed by atoms with Gasteiger partial charge in [-0.15, -0.1) is 0 Å². The second kappa shape index (κ2) is 14.9. The maximum absolute atomic E-state index is 6.29. The van der Waals surface area contributed by atoms with Crippen LogP contribution in [0.15, 0.2) is 175 Å². The Morgan fingerprint density at radius 3 is 1.77 bits per heavy atom. The Kier molecular flexibility index (Phi) is 9.89. The lowest BCUT2D eigenvalue weighted by Crippen LogP contribution is -2.17. The molecule has 0 saturated heterocycles. The predicted molar refractivity (Wildman–Crippen MR) is 231 cm³/mol. The van der Waals surface area contributed by atoms with Crippen molar-refractivity contribution in [2.24, 2.45) is 0 Å². The topological polar surface area (TPSA) is 29.3 Å². The van der Waals surface area contributed by atoms with Crippen LogP contribution in [0.2, 0.25) is 0 Å². The first-order chi connectivity index (χ1) is 25.7. The Bertz CT molecular complexity index is 2380. The fraction of sp³-hybridized carbons (Fsp3) is 0.137. The average molecular weight is 689 g/mol. The monoisotopic (exact) mass is 688 g/mol. The molecule has 7 rings (SSSR count). The van der Waals surface area contributed by atoms with Crippen LogP contribution in [0.4, 0.5) is 22.7 Å². The highest BCUT2D eigenvalue weighted by Gasteiger charge is 2.35. The summed E-state index contributed by atoms with van der Waals surface area (Å²) in [6, 6.07) is 50.4. The second-order valence-corrected chi connectivity index (χ2v) is 14.3. The van der Waals surface area contributed by atoms with Crippen LogP contribution in [-0.2, 0) is 5.41 Å². The van der Waals surface area contributed by atoms with Crippen molar-refractivity contribution in [3.63, 3.8) is 0 Å². The molecular weight excluding hydrogens is 641 g/mol. The van der Waals surface area contributed by atoms with Crippen molar-refractivity contribution in [2.75, 3.05) is 10.6 Å². The van der Waals surface area contributed by atoms with Crippen LogP contribution in [0, 0.1) is 0 Å². The summed E-state index contributed by atoms with van der Waals surface area (Å²) in [4.78, 5) is 2.38. The minimum Gasteiger partial charge on any atom is -0.398 e. The third kappa shape index (κ3) is 6.81. The zero-order valence-corrected chi connectivity index (χ0v) is 31.7. The molecule has 1 aliphatic carbocycles. The number of nitrogens with zero attached hydrogens (tertiary/aromatic N) is 1. The van der Waals surface area contributed by atoms with Gasteiger partial charge in [0.2, 0.25) is 0 Å². The molecule has 0 unspecified atom stereocenters. The molecule has 2 heteroatoms. The molecule has 53 heavy (non-hydrogen) atoms. The van der Waals surface area contributed by atoms with Crippen molar-refractivity contribution in [1.82, 2.24) is 0 Å². The minimum absolute atomic E-state index is 0.0603. The van der Waals surface area contributed by atoms with Gasteiger partial charge < -0.3 is 10.6 Å². The van der Waals surface area contributed by atoms with Gasteiger partial charge in [0.05, 0.1) is 0 Å². The zero-order valence-electron chi connectivity index (χ0n) is 31.7. The van der Waals surface area contributed by atoms with E-state index in [-0.39, 0.29) is 5.41 Å². The Hall–Kier alpha value is -6.12. The van der Waals surface area contributed by atoms with E-state index < -0.39 is 0 Å². The third-order valence-electron chi connectivity index (χ3n) is 10.8. The molecule has 1 aliphatic rings. The van der Waals surface area contributed by atoms with Gasteiger partial charge in [-0.1, -0.05) is 141 Å². The van der Waals surface area contributed by atoms with Crippen LogP contribution in [0.3, 0.4) is 0 Å². The Morgan fingerprint density at radius 2 is 1.15 bits per heavy atom. The zero-order chi connectivity index (χ0) is 37.1. The predicted octanol–water partition coefficient (Wildman–Crippen LogP) is 14.4. The van der Waals surface area contributed by atoms with Crippen molar-refractivity contribution >= 4 is 33.9 Å². The fourth-order valence-corrected chi connectivity index (χ4v) is 7.62. The first kappa shape index (κ1) is 35.3. The molecular formula is C51H48N2. The third-order valence-corrected chi connectivity index (χ3v) is 10.8. The van der Waals surface area contributed by atoms with Crippen molar-refractivity contribution in [1.29, 1.82) is 0 Å². The van der Waals surface area contributed by atoms with Gasteiger partial charge in [0.1, 0.15) is 0 Å². The van der Waals surface area contributed by atoms with Crippen molar-refractivity contribution in [3.05, 3.63) is 192 Å². The van der Waals surface area contributed by atoms with Gasteiger partial charge in [-0.2, -0.15) is 0 Å². The van der Waals surface area contributed by atoms with E-state index in [4.69, 9.17) is 5.73 Å². The first-order valence-electron chi connectivity index (χ1n) is 18.6. The van der Waals surface area contributed by atoms with Crippen LogP contribution in [0.1, 0.15) is 58.2 Å². The summed E-state index contributed by atoms with van der Waals surface area (Å²) >= 11 is 0. The van der Waals surface area contributed by atoms with E-state index in [0.29, 0.717) is 0 Å². The maximum atomic E-state index is 6.29. The summed E-state index contributed by atoms with van der Waals surface area (Å²) in [7, 11) is 0. The van der Waals surface area contributed by atoms with Gasteiger partial charge in [-0.3, -0.25) is 0 Å². The summed E-state index contributed by atoms with van der Waals surface area (Å²) in [5.41, 5.74) is 25.1. The first-order valence-corrected chi connectivity index (χ1v) is 18.6. The highest BCUT2D eigenvalue weighted by Crippen LogP contribution is 2.49. The number of hydrogen-bond acceptors (Lipinski definition) is 2. The van der Waals surface area contributed by atoms with Crippen LogP contribution in [0.5, 0.6) is 0 Å². The van der Waals surface area contributed by atoms with E-state index in [1.807, 2.05) is 18.2 Å². The van der Waals surface area contributed by atoms with Gasteiger partial charge in [-0.05, 0) is 132 Å². The number of benzene rings is 6. The Balaban J connectivity index is 1.23. The highest BCUT2D eigenvalue weighted by atomic mass is 15.1. The quantitative estimate of drug-likeness (QED) is 0.121. The maximum Gasteiger partial charge on any atom is 0.0465 e. The van der Waals surface area contributed by atoms with Crippen molar-refractivity contribution in [3.8, 4) is 33.4 Å². The number of para-hydroxylation sites is 1. The number of fused-ring (bicyclic) bond motifs is 1. The van der Waals surface area contributed by atoms with E-state index in [2.05, 4.69) is 198 Å². The Labute approximate surface area is 316 Å². The Morgan fingerprint density at radius 1 is 0.566 bits per heavy atom. The molecule has 0 atom stereocenters. The normalized spacial score (nSPS) is 14.0. The molecule has 0 saturated carbocycles. The lowest BCUT2D eigenvalue weighted by Gasteiger charge is -2.29. The van der Waals surface area contributed by atoms with Gasteiger partial charge in [-0.25, -0.2) is 0 Å². The van der Waals surface area contributed by atoms with Crippen LogP contribution in [0.25, 0.3) is 44.5 Å². The van der Waals surface area contributed by atoms with Gasteiger partial charge in [0, 0.05) is 33.7 Å². The molecule has 2 N–H and O–H groups in total.